The summed E-state index contributed by atoms with van der Waals surface area (Å²) in [6.45, 7) is 0. The van der Waals surface area contributed by atoms with E-state index < -0.39 is 0 Å². The molecule has 0 unspecified atom stereocenters. The van der Waals surface area contributed by atoms with Crippen LogP contribution in [-0.4, -0.2) is 62.3 Å². The van der Waals surface area contributed by atoms with E-state index in [0.29, 0.717) is 0 Å². The molecule has 0 aliphatic heterocycles. The molecule has 0 bridgehead atoms. The molecule has 0 spiro atoms. The molecule has 0 rings (SSSR count). The summed E-state index contributed by atoms with van der Waals surface area (Å²) in [4.78, 5) is 0. The zero-order chi connectivity index (χ0) is 0. The van der Waals surface area contributed by atoms with E-state index in [-0.39, 0.29) is 96.5 Å². The molecule has 4 heteroatoms. The van der Waals surface area contributed by atoms with Crippen LogP contribution in [0.25, 0.3) is 0 Å². The molecule has 0 aromatic carbocycles. The van der Waals surface area contributed by atoms with Crippen LogP contribution in [0.2, 0.25) is 0 Å². The van der Waals surface area contributed by atoms with Gasteiger partial charge in [-0.25, -0.2) is 0 Å². The zero-order valence-electron chi connectivity index (χ0n) is 0.655. The van der Waals surface area contributed by atoms with Crippen LogP contribution in [0.1, 0.15) is 0 Å². The van der Waals surface area contributed by atoms with Crippen LogP contribution in [0.3, 0.4) is 0 Å². The van der Waals surface area contributed by atoms with Gasteiger partial charge in [0.25, 0.3) is 0 Å². The summed E-state index contributed by atoms with van der Waals surface area (Å²) in [7, 11) is 0. The van der Waals surface area contributed by atoms with Crippen molar-refractivity contribution < 1.29 is 34.1 Å². The second kappa shape index (κ2) is 16.9. The molecule has 0 aromatic rings. The molecular weight excluding hydrogens is 187 g/mol. The van der Waals surface area contributed by atoms with Gasteiger partial charge in [-0.3, -0.25) is 0 Å². The van der Waals surface area contributed by atoms with Crippen molar-refractivity contribution in [3.05, 3.63) is 0 Å². The maximum atomic E-state index is 0. The second-order valence-corrected chi connectivity index (χ2v) is 0. The average Bonchev–Trinajstić information content (AvgIpc) is 0. The Balaban J connectivity index is 0. The third kappa shape index (κ3) is 8.86. The molecule has 0 saturated heterocycles. The monoisotopic (exact) mass is 191 g/mol. The van der Waals surface area contributed by atoms with Crippen molar-refractivity contribution in [2.45, 2.75) is 0 Å². The van der Waals surface area contributed by atoms with E-state index in [0.717, 1.165) is 0 Å². The van der Waals surface area contributed by atoms with E-state index >= 15 is 0 Å². The van der Waals surface area contributed by atoms with Crippen LogP contribution >= 0.6 is 0 Å². The fourth-order valence-corrected chi connectivity index (χ4v) is 0. The molecule has 0 N–H and O–H groups in total. The van der Waals surface area contributed by atoms with Crippen molar-refractivity contribution in [3.8, 4) is 0 Å². The van der Waals surface area contributed by atoms with Gasteiger partial charge >= 0.3 is 51.4 Å². The Kier molecular flexibility index (Phi) is 121. The van der Waals surface area contributed by atoms with Crippen LogP contribution in [-0.2, 0) is 34.1 Å². The second-order valence-electron chi connectivity index (χ2n) is 0. The fraction of sp³-hybridized carbons (Fsp3) is 0. The van der Waals surface area contributed by atoms with Gasteiger partial charge in [0.05, 0.1) is 0 Å². The fourth-order valence-electron chi connectivity index (χ4n) is 0. The number of rotatable bonds is 0. The summed E-state index contributed by atoms with van der Waals surface area (Å²) in [5, 5.41) is 0. The first-order valence-electron chi connectivity index (χ1n) is 0. The van der Waals surface area contributed by atoms with Crippen molar-refractivity contribution in [3.63, 3.8) is 0 Å². The summed E-state index contributed by atoms with van der Waals surface area (Å²) >= 11 is 0. The van der Waals surface area contributed by atoms with Crippen molar-refractivity contribution in [1.82, 2.24) is 0 Å². The third-order valence-corrected chi connectivity index (χ3v) is 0. The molecule has 0 heterocycles. The quantitative estimate of drug-likeness (QED) is 0.385. The largest absolute Gasteiger partial charge is 0.0149 e. The van der Waals surface area contributed by atoms with Gasteiger partial charge < -0.3 is 0 Å². The molecule has 0 aliphatic rings. The molecule has 0 nitrogen and oxygen atoms in total. The van der Waals surface area contributed by atoms with Gasteiger partial charge in [-0.05, 0) is 11.0 Å². The van der Waals surface area contributed by atoms with E-state index in [9.17, 15) is 0 Å². The Morgan fingerprint density at radius 1 is 1.00 bits per heavy atom. The molecule has 0 fully saturated rings. The Bertz CT molecular complexity index is 8.00. The van der Waals surface area contributed by atoms with Gasteiger partial charge in [0.1, 0.15) is 0 Å². The third-order valence-electron chi connectivity index (χ3n) is 0. The standard InChI is InChI=1S/Cu.Fe.K.H4Si.H/h;;;1H4;. The summed E-state index contributed by atoms with van der Waals surface area (Å²) in [6.07, 6.45) is 0. The summed E-state index contributed by atoms with van der Waals surface area (Å²) < 4.78 is 0. The summed E-state index contributed by atoms with van der Waals surface area (Å²) in [5.41, 5.74) is 0. The average molecular weight is 192 g/mol. The predicted octanol–water partition coefficient (Wildman–Crippen LogP) is -2.11. The first-order chi connectivity index (χ1) is 0. The van der Waals surface area contributed by atoms with Gasteiger partial charge in [-0.2, -0.15) is 0 Å². The summed E-state index contributed by atoms with van der Waals surface area (Å²) in [6, 6.07) is 0. The van der Waals surface area contributed by atoms with Gasteiger partial charge in [0.15, 0.2) is 0 Å². The Hall–Kier alpha value is 2.89. The molecule has 0 aliphatic carbocycles. The van der Waals surface area contributed by atoms with Crippen molar-refractivity contribution in [2.75, 3.05) is 0 Å². The molecule has 0 saturated carbocycles. The molecule has 0 amide bonds. The van der Waals surface area contributed by atoms with Gasteiger partial charge in [-0.1, -0.05) is 0 Å². The molecule has 0 atom stereocenters. The SMILES string of the molecule is [Cu].[Fe].[KH].[SiH4]. The molecular formula is H5CuFeKSi. The molecule has 29 valence electrons. The first-order valence-corrected chi connectivity index (χ1v) is 0. The van der Waals surface area contributed by atoms with Crippen LogP contribution in [0.5, 0.6) is 0 Å². The Labute approximate surface area is 94.3 Å². The summed E-state index contributed by atoms with van der Waals surface area (Å²) in [5.74, 6) is 0. The van der Waals surface area contributed by atoms with Crippen LogP contribution in [0, 0.1) is 0 Å². The van der Waals surface area contributed by atoms with Crippen LogP contribution in [0.4, 0.5) is 0 Å². The Morgan fingerprint density at radius 2 is 1.00 bits per heavy atom. The minimum absolute atomic E-state index is 0. The molecule has 0 aromatic heterocycles. The normalized spacial score (nSPS) is 0. The first kappa shape index (κ1) is 28.6. The Morgan fingerprint density at radius 3 is 1.00 bits per heavy atom. The van der Waals surface area contributed by atoms with Crippen molar-refractivity contribution in [2.24, 2.45) is 0 Å². The predicted molar refractivity (Wildman–Crippen MR) is 18.5 cm³/mol. The number of hydrogen-bond acceptors (Lipinski definition) is 0. The van der Waals surface area contributed by atoms with Gasteiger partial charge in [0.2, 0.25) is 0 Å². The van der Waals surface area contributed by atoms with Crippen molar-refractivity contribution in [1.29, 1.82) is 0 Å². The van der Waals surface area contributed by atoms with E-state index in [1.807, 2.05) is 0 Å². The maximum absolute atomic E-state index is 0. The van der Waals surface area contributed by atoms with E-state index in [1.54, 1.807) is 0 Å². The van der Waals surface area contributed by atoms with Gasteiger partial charge in [-0.15, -0.1) is 0 Å². The maximum Gasteiger partial charge on any atom is -0.0149 e. The van der Waals surface area contributed by atoms with Crippen LogP contribution in [0.15, 0.2) is 0 Å². The van der Waals surface area contributed by atoms with Crippen molar-refractivity contribution >= 4 is 62.3 Å². The van der Waals surface area contributed by atoms with E-state index in [1.165, 1.54) is 0 Å². The van der Waals surface area contributed by atoms with Gasteiger partial charge in [0, 0.05) is 34.1 Å². The molecule has 4 heavy (non-hydrogen) atoms. The van der Waals surface area contributed by atoms with Crippen LogP contribution < -0.4 is 0 Å². The smallest absolute Gasteiger partial charge is 0.0149 e. The number of hydrogen-bond donors (Lipinski definition) is 0. The minimum atomic E-state index is 0. The van der Waals surface area contributed by atoms with E-state index in [4.69, 9.17) is 0 Å². The zero-order valence-corrected chi connectivity index (χ0v) is 2.70. The van der Waals surface area contributed by atoms with E-state index in [2.05, 4.69) is 0 Å². The molecule has 1 radical (unpaired) electrons. The topological polar surface area (TPSA) is 0 Å². The minimum Gasteiger partial charge on any atom is -0.0149 e.